The molecule has 0 bridgehead atoms. The van der Waals surface area contributed by atoms with E-state index in [1.54, 1.807) is 0 Å². The zero-order chi connectivity index (χ0) is 9.26. The van der Waals surface area contributed by atoms with Crippen LogP contribution in [0, 0.1) is 0 Å². The third-order valence-corrected chi connectivity index (χ3v) is 2.42. The van der Waals surface area contributed by atoms with Crippen molar-refractivity contribution in [2.75, 3.05) is 17.2 Å². The van der Waals surface area contributed by atoms with Crippen molar-refractivity contribution in [3.05, 3.63) is 22.7 Å². The molecule has 2 rings (SSSR count). The molecule has 0 saturated heterocycles. The van der Waals surface area contributed by atoms with Gasteiger partial charge in [0.15, 0.2) is 0 Å². The number of nitrogens with one attached hydrogen (secondary N) is 2. The topological polar surface area (TPSA) is 41.1 Å². The Labute approximate surface area is 96.8 Å². The highest BCUT2D eigenvalue weighted by Gasteiger charge is 2.11. The van der Waals surface area contributed by atoms with Crippen LogP contribution >= 0.6 is 28.3 Å². The minimum Gasteiger partial charge on any atom is -0.383 e. The van der Waals surface area contributed by atoms with E-state index in [4.69, 9.17) is 0 Å². The predicted octanol–water partition coefficient (Wildman–Crippen LogP) is 2.62. The van der Waals surface area contributed by atoms with Crippen LogP contribution in [0.5, 0.6) is 0 Å². The Morgan fingerprint density at radius 1 is 1.29 bits per heavy atom. The predicted molar refractivity (Wildman–Crippen MR) is 63.1 cm³/mol. The number of fused-ring (bicyclic) bond motifs is 1. The van der Waals surface area contributed by atoms with Gasteiger partial charge in [0.2, 0.25) is 5.91 Å². The number of anilines is 2. The molecule has 1 aliphatic rings. The zero-order valence-electron chi connectivity index (χ0n) is 7.34. The van der Waals surface area contributed by atoms with Gasteiger partial charge in [0.1, 0.15) is 0 Å². The quantitative estimate of drug-likeness (QED) is 0.765. The van der Waals surface area contributed by atoms with Gasteiger partial charge in [-0.25, -0.2) is 0 Å². The summed E-state index contributed by atoms with van der Waals surface area (Å²) in [5.74, 6) is 0.0596. The molecule has 0 fully saturated rings. The number of hydrogen-bond acceptors (Lipinski definition) is 2. The second kappa shape index (κ2) is 4.66. The summed E-state index contributed by atoms with van der Waals surface area (Å²) in [7, 11) is 0. The standard InChI is InChI=1S/C9H9BrN2O.ClH/c10-6-1-2-7-8(5-6)12-9(13)3-4-11-7;/h1-2,5,11H,3-4H2,(H,12,13);1H. The van der Waals surface area contributed by atoms with Crippen LogP contribution in [0.1, 0.15) is 6.42 Å². The molecule has 1 aromatic carbocycles. The zero-order valence-corrected chi connectivity index (χ0v) is 9.74. The molecule has 1 aromatic rings. The molecule has 76 valence electrons. The maximum absolute atomic E-state index is 11.2. The monoisotopic (exact) mass is 276 g/mol. The molecule has 1 amide bonds. The molecule has 0 aliphatic carbocycles. The van der Waals surface area contributed by atoms with Crippen LogP contribution in [0.15, 0.2) is 22.7 Å². The Hall–Kier alpha value is -0.740. The molecule has 0 saturated carbocycles. The minimum absolute atomic E-state index is 0. The summed E-state index contributed by atoms with van der Waals surface area (Å²) in [4.78, 5) is 11.2. The highest BCUT2D eigenvalue weighted by Crippen LogP contribution is 2.27. The normalized spacial score (nSPS) is 14.2. The highest BCUT2D eigenvalue weighted by molar-refractivity contribution is 9.10. The number of rotatable bonds is 0. The molecule has 0 aromatic heterocycles. The van der Waals surface area contributed by atoms with Gasteiger partial charge in [-0.2, -0.15) is 0 Å². The van der Waals surface area contributed by atoms with Gasteiger partial charge in [0.25, 0.3) is 0 Å². The number of hydrogen-bond donors (Lipinski definition) is 2. The van der Waals surface area contributed by atoms with Crippen LogP contribution in [0.25, 0.3) is 0 Å². The first-order chi connectivity index (χ1) is 6.25. The first-order valence-electron chi connectivity index (χ1n) is 4.09. The molecule has 5 heteroatoms. The summed E-state index contributed by atoms with van der Waals surface area (Å²) in [6, 6.07) is 5.79. The van der Waals surface area contributed by atoms with E-state index in [0.717, 1.165) is 15.8 Å². The van der Waals surface area contributed by atoms with Gasteiger partial charge in [-0.1, -0.05) is 15.9 Å². The molecule has 2 N–H and O–H groups in total. The molecule has 0 spiro atoms. The van der Waals surface area contributed by atoms with E-state index in [1.165, 1.54) is 0 Å². The van der Waals surface area contributed by atoms with Gasteiger partial charge in [0, 0.05) is 17.4 Å². The summed E-state index contributed by atoms with van der Waals surface area (Å²) >= 11 is 3.36. The SMILES string of the molecule is Cl.O=C1CCNc2ccc(Br)cc2N1. The summed E-state index contributed by atoms with van der Waals surface area (Å²) in [5.41, 5.74) is 1.82. The lowest BCUT2D eigenvalue weighted by atomic mass is 10.2. The fourth-order valence-corrected chi connectivity index (χ4v) is 1.66. The Morgan fingerprint density at radius 2 is 2.07 bits per heavy atom. The number of benzene rings is 1. The van der Waals surface area contributed by atoms with E-state index in [-0.39, 0.29) is 18.3 Å². The average Bonchev–Trinajstić information content (AvgIpc) is 2.25. The fourth-order valence-electron chi connectivity index (χ4n) is 1.30. The second-order valence-electron chi connectivity index (χ2n) is 2.91. The van der Waals surface area contributed by atoms with Crippen molar-refractivity contribution in [2.45, 2.75) is 6.42 Å². The first-order valence-corrected chi connectivity index (χ1v) is 4.88. The van der Waals surface area contributed by atoms with E-state index >= 15 is 0 Å². The van der Waals surface area contributed by atoms with Crippen molar-refractivity contribution in [3.63, 3.8) is 0 Å². The van der Waals surface area contributed by atoms with Crippen LogP contribution in [-0.2, 0) is 4.79 Å². The van der Waals surface area contributed by atoms with Gasteiger partial charge < -0.3 is 10.6 Å². The third-order valence-electron chi connectivity index (χ3n) is 1.92. The lowest BCUT2D eigenvalue weighted by Gasteiger charge is -2.06. The van der Waals surface area contributed by atoms with E-state index in [9.17, 15) is 4.79 Å². The Morgan fingerprint density at radius 3 is 2.86 bits per heavy atom. The van der Waals surface area contributed by atoms with Crippen molar-refractivity contribution in [1.82, 2.24) is 0 Å². The van der Waals surface area contributed by atoms with Crippen LogP contribution in [0.3, 0.4) is 0 Å². The lowest BCUT2D eigenvalue weighted by Crippen LogP contribution is -2.10. The number of amides is 1. The molecule has 0 radical (unpaired) electrons. The van der Waals surface area contributed by atoms with E-state index in [2.05, 4.69) is 26.6 Å². The van der Waals surface area contributed by atoms with E-state index < -0.39 is 0 Å². The van der Waals surface area contributed by atoms with Crippen molar-refractivity contribution in [3.8, 4) is 0 Å². The van der Waals surface area contributed by atoms with Crippen molar-refractivity contribution >= 4 is 45.6 Å². The molecule has 0 atom stereocenters. The van der Waals surface area contributed by atoms with Crippen LogP contribution in [-0.4, -0.2) is 12.5 Å². The summed E-state index contributed by atoms with van der Waals surface area (Å²) in [6.07, 6.45) is 0.520. The maximum atomic E-state index is 11.2. The second-order valence-corrected chi connectivity index (χ2v) is 3.83. The van der Waals surface area contributed by atoms with Crippen molar-refractivity contribution in [1.29, 1.82) is 0 Å². The maximum Gasteiger partial charge on any atom is 0.226 e. The van der Waals surface area contributed by atoms with Gasteiger partial charge in [-0.05, 0) is 18.2 Å². The van der Waals surface area contributed by atoms with Crippen LogP contribution in [0.2, 0.25) is 0 Å². The van der Waals surface area contributed by atoms with E-state index in [1.807, 2.05) is 18.2 Å². The number of halogens is 2. The van der Waals surface area contributed by atoms with Gasteiger partial charge in [-0.15, -0.1) is 12.4 Å². The van der Waals surface area contributed by atoms with Crippen LogP contribution in [0.4, 0.5) is 11.4 Å². The molecule has 1 aliphatic heterocycles. The molecule has 0 unspecified atom stereocenters. The van der Waals surface area contributed by atoms with Crippen molar-refractivity contribution in [2.24, 2.45) is 0 Å². The fraction of sp³-hybridized carbons (Fsp3) is 0.222. The average molecular weight is 278 g/mol. The first kappa shape index (κ1) is 11.3. The largest absolute Gasteiger partial charge is 0.383 e. The highest BCUT2D eigenvalue weighted by atomic mass is 79.9. The van der Waals surface area contributed by atoms with E-state index in [0.29, 0.717) is 13.0 Å². The van der Waals surface area contributed by atoms with Gasteiger partial charge in [-0.3, -0.25) is 4.79 Å². The molecular formula is C9H10BrClN2O. The molecular weight excluding hydrogens is 267 g/mol. The number of carbonyl (C=O) groups is 1. The summed E-state index contributed by atoms with van der Waals surface area (Å²) in [6.45, 7) is 0.695. The Bertz CT molecular complexity index is 357. The third kappa shape index (κ3) is 2.39. The van der Waals surface area contributed by atoms with Crippen LogP contribution < -0.4 is 10.6 Å². The minimum atomic E-state index is 0. The molecule has 3 nitrogen and oxygen atoms in total. The smallest absolute Gasteiger partial charge is 0.226 e. The van der Waals surface area contributed by atoms with Gasteiger partial charge >= 0.3 is 0 Å². The summed E-state index contributed by atoms with van der Waals surface area (Å²) in [5, 5.41) is 6.01. The summed E-state index contributed by atoms with van der Waals surface area (Å²) < 4.78 is 0.968. The molecule has 14 heavy (non-hydrogen) atoms. The Balaban J connectivity index is 0.000000980. The number of carbonyl (C=O) groups excluding carboxylic acids is 1. The van der Waals surface area contributed by atoms with Crippen molar-refractivity contribution < 1.29 is 4.79 Å². The van der Waals surface area contributed by atoms with Gasteiger partial charge in [0.05, 0.1) is 11.4 Å². The molecule has 1 heterocycles. The lowest BCUT2D eigenvalue weighted by molar-refractivity contribution is -0.115. The Kier molecular flexibility index (Phi) is 3.77.